The summed E-state index contributed by atoms with van der Waals surface area (Å²) < 4.78 is 5.28. The fraction of sp³-hybridized carbons (Fsp3) is 0.231. The van der Waals surface area contributed by atoms with E-state index in [1.165, 1.54) is 0 Å². The van der Waals surface area contributed by atoms with Crippen LogP contribution in [0.25, 0.3) is 0 Å². The van der Waals surface area contributed by atoms with E-state index in [-0.39, 0.29) is 29.3 Å². The van der Waals surface area contributed by atoms with Crippen LogP contribution in [-0.4, -0.2) is 18.7 Å². The summed E-state index contributed by atoms with van der Waals surface area (Å²) in [5.41, 5.74) is 2.76. The maximum atomic E-state index is 13.7. The van der Waals surface area contributed by atoms with Crippen molar-refractivity contribution < 1.29 is 14.3 Å². The molecule has 0 radical (unpaired) electrons. The molecule has 3 atom stereocenters. The van der Waals surface area contributed by atoms with Gasteiger partial charge >= 0.3 is 0 Å². The second-order valence-electron chi connectivity index (χ2n) is 7.60. The Balaban J connectivity index is 1.80. The first-order valence-electron chi connectivity index (χ1n) is 9.97. The molecule has 3 aromatic carbocycles. The molecule has 1 fully saturated rings. The molecule has 0 saturated heterocycles. The SMILES string of the molecule is COc1ccc(C2CC(=O)CC(c3ccccc3)C2C(=O)c2ccccc2)cc1. The van der Waals surface area contributed by atoms with Gasteiger partial charge in [0.25, 0.3) is 0 Å². The Labute approximate surface area is 171 Å². The largest absolute Gasteiger partial charge is 0.497 e. The zero-order valence-electron chi connectivity index (χ0n) is 16.5. The van der Waals surface area contributed by atoms with Gasteiger partial charge in [-0.15, -0.1) is 0 Å². The number of carbonyl (C=O) groups is 2. The van der Waals surface area contributed by atoms with E-state index in [0.717, 1.165) is 16.9 Å². The van der Waals surface area contributed by atoms with Gasteiger partial charge in [0.1, 0.15) is 11.5 Å². The van der Waals surface area contributed by atoms with Crippen molar-refractivity contribution in [2.75, 3.05) is 7.11 Å². The van der Waals surface area contributed by atoms with Gasteiger partial charge in [0.15, 0.2) is 5.78 Å². The van der Waals surface area contributed by atoms with Crippen LogP contribution in [0.15, 0.2) is 84.9 Å². The molecule has 4 rings (SSSR count). The molecule has 3 aromatic rings. The Bertz CT molecular complexity index is 977. The smallest absolute Gasteiger partial charge is 0.167 e. The van der Waals surface area contributed by atoms with E-state index in [4.69, 9.17) is 4.74 Å². The molecule has 0 spiro atoms. The predicted octanol–water partition coefficient (Wildman–Crippen LogP) is 5.42. The van der Waals surface area contributed by atoms with E-state index in [0.29, 0.717) is 18.4 Å². The van der Waals surface area contributed by atoms with Gasteiger partial charge in [-0.1, -0.05) is 72.8 Å². The summed E-state index contributed by atoms with van der Waals surface area (Å²) >= 11 is 0. The van der Waals surface area contributed by atoms with Crippen LogP contribution >= 0.6 is 0 Å². The number of methoxy groups -OCH3 is 1. The third kappa shape index (κ3) is 4.00. The van der Waals surface area contributed by atoms with Gasteiger partial charge in [-0.25, -0.2) is 0 Å². The molecule has 1 saturated carbocycles. The van der Waals surface area contributed by atoms with Crippen LogP contribution in [0.3, 0.4) is 0 Å². The van der Waals surface area contributed by atoms with Gasteiger partial charge in [-0.2, -0.15) is 0 Å². The molecule has 3 nitrogen and oxygen atoms in total. The Morgan fingerprint density at radius 2 is 1.28 bits per heavy atom. The van der Waals surface area contributed by atoms with Crippen molar-refractivity contribution in [3.63, 3.8) is 0 Å². The van der Waals surface area contributed by atoms with E-state index in [9.17, 15) is 9.59 Å². The van der Waals surface area contributed by atoms with Gasteiger partial charge in [0, 0.05) is 36.2 Å². The van der Waals surface area contributed by atoms with Crippen LogP contribution in [0.4, 0.5) is 0 Å². The Morgan fingerprint density at radius 3 is 1.83 bits per heavy atom. The minimum absolute atomic E-state index is 0.104. The molecule has 0 aliphatic heterocycles. The monoisotopic (exact) mass is 384 g/mol. The first-order chi connectivity index (χ1) is 14.2. The predicted molar refractivity (Wildman–Crippen MR) is 113 cm³/mol. The van der Waals surface area contributed by atoms with E-state index in [2.05, 4.69) is 0 Å². The van der Waals surface area contributed by atoms with Crippen molar-refractivity contribution in [3.05, 3.63) is 102 Å². The molecule has 146 valence electrons. The summed E-state index contributed by atoms with van der Waals surface area (Å²) in [7, 11) is 1.63. The highest BCUT2D eigenvalue weighted by molar-refractivity contribution is 6.00. The molecule has 3 unspecified atom stereocenters. The van der Waals surface area contributed by atoms with Crippen LogP contribution in [-0.2, 0) is 4.79 Å². The lowest BCUT2D eigenvalue weighted by molar-refractivity contribution is -0.121. The molecule has 0 aromatic heterocycles. The summed E-state index contributed by atoms with van der Waals surface area (Å²) in [6.07, 6.45) is 0.790. The molecule has 0 N–H and O–H groups in total. The highest BCUT2D eigenvalue weighted by Crippen LogP contribution is 2.46. The quantitative estimate of drug-likeness (QED) is 0.551. The topological polar surface area (TPSA) is 43.4 Å². The summed E-state index contributed by atoms with van der Waals surface area (Å²) in [5, 5.41) is 0. The normalized spacial score (nSPS) is 21.6. The average molecular weight is 384 g/mol. The van der Waals surface area contributed by atoms with E-state index >= 15 is 0 Å². The Hall–Kier alpha value is -3.20. The molecular weight excluding hydrogens is 360 g/mol. The lowest BCUT2D eigenvalue weighted by Crippen LogP contribution is -2.36. The molecule has 0 bridgehead atoms. The molecule has 1 aliphatic rings. The molecule has 29 heavy (non-hydrogen) atoms. The Kier molecular flexibility index (Phi) is 5.57. The summed E-state index contributed by atoms with van der Waals surface area (Å²) in [4.78, 5) is 26.4. The standard InChI is InChI=1S/C26H24O3/c1-29-22-14-12-19(13-15-22)24-17-21(27)16-23(18-8-4-2-5-9-18)25(24)26(28)20-10-6-3-7-11-20/h2-15,23-25H,16-17H2,1H3. The summed E-state index contributed by atoms with van der Waals surface area (Å²) in [5.74, 6) is 0.509. The van der Waals surface area contributed by atoms with E-state index in [1.54, 1.807) is 7.11 Å². The van der Waals surface area contributed by atoms with Crippen molar-refractivity contribution in [3.8, 4) is 5.75 Å². The fourth-order valence-electron chi connectivity index (χ4n) is 4.47. The first kappa shape index (κ1) is 19.1. The van der Waals surface area contributed by atoms with Gasteiger partial charge in [-0.05, 0) is 23.3 Å². The number of carbonyl (C=O) groups excluding carboxylic acids is 2. The Morgan fingerprint density at radius 1 is 0.759 bits per heavy atom. The average Bonchev–Trinajstić information content (AvgIpc) is 2.79. The van der Waals surface area contributed by atoms with Crippen LogP contribution in [0.2, 0.25) is 0 Å². The maximum Gasteiger partial charge on any atom is 0.167 e. The second kappa shape index (κ2) is 8.44. The molecular formula is C26H24O3. The van der Waals surface area contributed by atoms with Crippen molar-refractivity contribution >= 4 is 11.6 Å². The number of Topliss-reactive ketones (excluding diaryl/α,β-unsaturated/α-hetero) is 2. The third-order valence-electron chi connectivity index (χ3n) is 5.89. The second-order valence-corrected chi connectivity index (χ2v) is 7.60. The van der Waals surface area contributed by atoms with E-state index < -0.39 is 0 Å². The van der Waals surface area contributed by atoms with Crippen molar-refractivity contribution in [1.82, 2.24) is 0 Å². The molecule has 3 heteroatoms. The highest BCUT2D eigenvalue weighted by Gasteiger charge is 2.42. The van der Waals surface area contributed by atoms with Crippen LogP contribution in [0.1, 0.15) is 46.2 Å². The maximum absolute atomic E-state index is 13.7. The van der Waals surface area contributed by atoms with Gasteiger partial charge in [0.05, 0.1) is 7.11 Å². The van der Waals surface area contributed by atoms with Crippen LogP contribution in [0.5, 0.6) is 5.75 Å². The molecule has 0 heterocycles. The van der Waals surface area contributed by atoms with Crippen molar-refractivity contribution in [1.29, 1.82) is 0 Å². The number of hydrogen-bond donors (Lipinski definition) is 0. The van der Waals surface area contributed by atoms with Crippen molar-refractivity contribution in [2.24, 2.45) is 5.92 Å². The van der Waals surface area contributed by atoms with Gasteiger partial charge in [-0.3, -0.25) is 9.59 Å². The van der Waals surface area contributed by atoms with Crippen molar-refractivity contribution in [2.45, 2.75) is 24.7 Å². The third-order valence-corrected chi connectivity index (χ3v) is 5.89. The van der Waals surface area contributed by atoms with Crippen LogP contribution in [0, 0.1) is 5.92 Å². The zero-order valence-corrected chi connectivity index (χ0v) is 16.5. The first-order valence-corrected chi connectivity index (χ1v) is 9.97. The molecule has 1 aliphatic carbocycles. The number of hydrogen-bond acceptors (Lipinski definition) is 3. The van der Waals surface area contributed by atoms with Crippen LogP contribution < -0.4 is 4.74 Å². The highest BCUT2D eigenvalue weighted by atomic mass is 16.5. The molecule has 0 amide bonds. The van der Waals surface area contributed by atoms with Gasteiger partial charge < -0.3 is 4.74 Å². The summed E-state index contributed by atoms with van der Waals surface area (Å²) in [6.45, 7) is 0. The lowest BCUT2D eigenvalue weighted by Gasteiger charge is -2.37. The van der Waals surface area contributed by atoms with Gasteiger partial charge in [0.2, 0.25) is 0 Å². The number of rotatable bonds is 5. The lowest BCUT2D eigenvalue weighted by atomic mass is 9.64. The fourth-order valence-corrected chi connectivity index (χ4v) is 4.47. The minimum atomic E-state index is -0.286. The van der Waals surface area contributed by atoms with E-state index in [1.807, 2.05) is 84.9 Å². The number of ketones is 2. The summed E-state index contributed by atoms with van der Waals surface area (Å²) in [6, 6.07) is 27.2. The number of ether oxygens (including phenoxy) is 1. The zero-order chi connectivity index (χ0) is 20.2. The minimum Gasteiger partial charge on any atom is -0.497 e. The number of benzene rings is 3.